The van der Waals surface area contributed by atoms with Crippen molar-refractivity contribution < 1.29 is 14.0 Å². The maximum atomic E-state index is 12.3. The van der Waals surface area contributed by atoms with Crippen LogP contribution < -0.4 is 16.3 Å². The number of benzene rings is 1. The number of nitrogens with zero attached hydrogens (tertiary/aromatic N) is 1. The fraction of sp³-hybridized carbons (Fsp3) is 0.391. The van der Waals surface area contributed by atoms with E-state index < -0.39 is 5.63 Å². The van der Waals surface area contributed by atoms with Crippen LogP contribution in [0.15, 0.2) is 44.9 Å². The molecule has 162 valence electrons. The Morgan fingerprint density at radius 2 is 1.94 bits per heavy atom. The second-order valence-corrected chi connectivity index (χ2v) is 8.87. The number of carbonyl (C=O) groups excluding carboxylic acids is 2. The van der Waals surface area contributed by atoms with E-state index in [-0.39, 0.29) is 30.7 Å². The number of aromatic nitrogens is 1. The van der Waals surface area contributed by atoms with Crippen molar-refractivity contribution in [1.29, 1.82) is 0 Å². The van der Waals surface area contributed by atoms with Crippen LogP contribution in [0.4, 0.5) is 5.13 Å². The molecule has 2 heterocycles. The predicted molar refractivity (Wildman–Crippen MR) is 121 cm³/mol. The molecule has 2 amide bonds. The lowest BCUT2D eigenvalue weighted by molar-refractivity contribution is -0.125. The standard InChI is InChI=1S/C23H25N3O4S/c1-14-6-2-4-8-17(14)24-20(27)10-11-21(28)26-23-25-18(13-31-23)16-12-15-7-3-5-9-19(15)30-22(16)29/h3,5,7,9,12-14,17H,2,4,6,8,10-11H2,1H3,(H,24,27)(H,25,26,28)/t14-,17-/m1/s1. The van der Waals surface area contributed by atoms with E-state index in [1.165, 1.54) is 17.8 Å². The SMILES string of the molecule is C[C@@H]1CCCC[C@H]1NC(=O)CCC(=O)Nc1nc(-c2cc3ccccc3oc2=O)cs1. The zero-order valence-electron chi connectivity index (χ0n) is 17.3. The van der Waals surface area contributed by atoms with Crippen molar-refractivity contribution in [2.75, 3.05) is 5.32 Å². The highest BCUT2D eigenvalue weighted by Gasteiger charge is 2.23. The molecule has 8 heteroatoms. The number of para-hydroxylation sites is 1. The molecule has 0 bridgehead atoms. The van der Waals surface area contributed by atoms with E-state index in [2.05, 4.69) is 22.5 Å². The summed E-state index contributed by atoms with van der Waals surface area (Å²) >= 11 is 1.23. The fourth-order valence-corrected chi connectivity index (χ4v) is 4.64. The predicted octanol–water partition coefficient (Wildman–Crippen LogP) is 4.33. The Kier molecular flexibility index (Phi) is 6.46. The molecule has 1 saturated carbocycles. The summed E-state index contributed by atoms with van der Waals surface area (Å²) in [6, 6.07) is 9.20. The van der Waals surface area contributed by atoms with Gasteiger partial charge in [-0.3, -0.25) is 9.59 Å². The minimum Gasteiger partial charge on any atom is -0.422 e. The smallest absolute Gasteiger partial charge is 0.345 e. The normalized spacial score (nSPS) is 18.6. The summed E-state index contributed by atoms with van der Waals surface area (Å²) < 4.78 is 5.35. The lowest BCUT2D eigenvalue weighted by Crippen LogP contribution is -2.41. The highest BCUT2D eigenvalue weighted by atomic mass is 32.1. The van der Waals surface area contributed by atoms with Crippen molar-refractivity contribution >= 4 is 39.3 Å². The summed E-state index contributed by atoms with van der Waals surface area (Å²) in [5.41, 5.74) is 0.830. The van der Waals surface area contributed by atoms with Crippen LogP contribution >= 0.6 is 11.3 Å². The van der Waals surface area contributed by atoms with E-state index in [1.54, 1.807) is 23.6 Å². The first kappa shape index (κ1) is 21.2. The van der Waals surface area contributed by atoms with E-state index in [0.717, 1.165) is 24.6 Å². The monoisotopic (exact) mass is 439 g/mol. The molecule has 31 heavy (non-hydrogen) atoms. The average molecular weight is 440 g/mol. The Morgan fingerprint density at radius 1 is 1.16 bits per heavy atom. The third-order valence-corrected chi connectivity index (χ3v) is 6.46. The van der Waals surface area contributed by atoms with Crippen molar-refractivity contribution in [1.82, 2.24) is 10.3 Å². The molecular formula is C23H25N3O4S. The first-order chi connectivity index (χ1) is 15.0. The van der Waals surface area contributed by atoms with Gasteiger partial charge in [0.1, 0.15) is 5.58 Å². The Bertz CT molecular complexity index is 1150. The van der Waals surface area contributed by atoms with Crippen LogP contribution in [0.1, 0.15) is 45.4 Å². The van der Waals surface area contributed by atoms with Gasteiger partial charge in [-0.2, -0.15) is 0 Å². The lowest BCUT2D eigenvalue weighted by atomic mass is 9.86. The van der Waals surface area contributed by atoms with E-state index in [4.69, 9.17) is 4.42 Å². The number of hydrogen-bond acceptors (Lipinski definition) is 6. The summed E-state index contributed by atoms with van der Waals surface area (Å²) in [5, 5.41) is 8.65. The molecule has 0 saturated heterocycles. The molecule has 0 radical (unpaired) electrons. The molecule has 1 fully saturated rings. The highest BCUT2D eigenvalue weighted by Crippen LogP contribution is 2.26. The Hall–Kier alpha value is -3.00. The largest absolute Gasteiger partial charge is 0.422 e. The second-order valence-electron chi connectivity index (χ2n) is 8.01. The summed E-state index contributed by atoms with van der Waals surface area (Å²) in [6.45, 7) is 2.16. The topological polar surface area (TPSA) is 101 Å². The maximum Gasteiger partial charge on any atom is 0.345 e. The van der Waals surface area contributed by atoms with Crippen LogP contribution in [0.5, 0.6) is 0 Å². The van der Waals surface area contributed by atoms with Crippen molar-refractivity contribution in [2.45, 2.75) is 51.5 Å². The number of fused-ring (bicyclic) bond motifs is 1. The van der Waals surface area contributed by atoms with Crippen molar-refractivity contribution in [3.63, 3.8) is 0 Å². The van der Waals surface area contributed by atoms with Crippen LogP contribution in [0.2, 0.25) is 0 Å². The zero-order chi connectivity index (χ0) is 21.8. The number of nitrogens with one attached hydrogen (secondary N) is 2. The van der Waals surface area contributed by atoms with Gasteiger partial charge in [0.25, 0.3) is 0 Å². The van der Waals surface area contributed by atoms with Crippen molar-refractivity contribution in [3.05, 3.63) is 46.1 Å². The molecule has 1 aliphatic carbocycles. The van der Waals surface area contributed by atoms with Crippen LogP contribution in [0.25, 0.3) is 22.2 Å². The number of carbonyl (C=O) groups is 2. The number of hydrogen-bond donors (Lipinski definition) is 2. The summed E-state index contributed by atoms with van der Waals surface area (Å²) in [4.78, 5) is 41.1. The van der Waals surface area contributed by atoms with E-state index in [1.807, 2.05) is 12.1 Å². The molecule has 0 aliphatic heterocycles. The zero-order valence-corrected chi connectivity index (χ0v) is 18.2. The minimum absolute atomic E-state index is 0.0833. The van der Waals surface area contributed by atoms with Gasteiger partial charge in [-0.25, -0.2) is 9.78 Å². The molecule has 2 N–H and O–H groups in total. The fourth-order valence-electron chi connectivity index (χ4n) is 3.91. The van der Waals surface area contributed by atoms with Gasteiger partial charge >= 0.3 is 5.63 Å². The Labute approximate surface area is 183 Å². The second kappa shape index (κ2) is 9.43. The average Bonchev–Trinajstić information content (AvgIpc) is 3.21. The number of amides is 2. The molecule has 1 aliphatic rings. The van der Waals surface area contributed by atoms with Crippen molar-refractivity contribution in [3.8, 4) is 11.3 Å². The van der Waals surface area contributed by atoms with Gasteiger partial charge in [0.05, 0.1) is 11.3 Å². The third-order valence-electron chi connectivity index (χ3n) is 5.70. The van der Waals surface area contributed by atoms with E-state index in [0.29, 0.717) is 27.9 Å². The number of rotatable bonds is 6. The lowest BCUT2D eigenvalue weighted by Gasteiger charge is -2.29. The quantitative estimate of drug-likeness (QED) is 0.557. The first-order valence-corrected chi connectivity index (χ1v) is 11.5. The molecule has 0 unspecified atom stereocenters. The third kappa shape index (κ3) is 5.19. The Morgan fingerprint density at radius 3 is 2.77 bits per heavy atom. The van der Waals surface area contributed by atoms with Gasteiger partial charge in [-0.1, -0.05) is 38.0 Å². The summed E-state index contributed by atoms with van der Waals surface area (Å²) in [7, 11) is 0. The van der Waals surface area contributed by atoms with Crippen LogP contribution in [0, 0.1) is 5.92 Å². The first-order valence-electron chi connectivity index (χ1n) is 10.6. The molecule has 0 spiro atoms. The molecule has 7 nitrogen and oxygen atoms in total. The van der Waals surface area contributed by atoms with Gasteiger partial charge < -0.3 is 15.1 Å². The summed E-state index contributed by atoms with van der Waals surface area (Å²) in [6.07, 6.45) is 4.71. The van der Waals surface area contributed by atoms with Crippen molar-refractivity contribution in [2.24, 2.45) is 5.92 Å². The molecule has 3 aromatic rings. The van der Waals surface area contributed by atoms with Crippen LogP contribution in [-0.2, 0) is 9.59 Å². The highest BCUT2D eigenvalue weighted by molar-refractivity contribution is 7.14. The van der Waals surface area contributed by atoms with E-state index >= 15 is 0 Å². The molecule has 1 aromatic carbocycles. The Balaban J connectivity index is 1.33. The van der Waals surface area contributed by atoms with Gasteiger partial charge in [0.2, 0.25) is 11.8 Å². The van der Waals surface area contributed by atoms with Crippen LogP contribution in [-0.4, -0.2) is 22.8 Å². The van der Waals surface area contributed by atoms with Crippen LogP contribution in [0.3, 0.4) is 0 Å². The van der Waals surface area contributed by atoms with Gasteiger partial charge in [0.15, 0.2) is 5.13 Å². The van der Waals surface area contributed by atoms with E-state index in [9.17, 15) is 14.4 Å². The molecule has 4 rings (SSSR count). The maximum absolute atomic E-state index is 12.3. The molecular weight excluding hydrogens is 414 g/mol. The summed E-state index contributed by atoms with van der Waals surface area (Å²) in [5.74, 6) is 0.105. The number of anilines is 1. The number of thiazole rings is 1. The van der Waals surface area contributed by atoms with Gasteiger partial charge in [-0.15, -0.1) is 11.3 Å². The van der Waals surface area contributed by atoms with Gasteiger partial charge in [0, 0.05) is 29.6 Å². The minimum atomic E-state index is -0.476. The molecule has 2 atom stereocenters. The van der Waals surface area contributed by atoms with Gasteiger partial charge in [-0.05, 0) is 30.9 Å². The molecule has 2 aromatic heterocycles.